The summed E-state index contributed by atoms with van der Waals surface area (Å²) in [5.74, 6) is 7.68. The Labute approximate surface area is 151 Å². The topological polar surface area (TPSA) is 29.5 Å². The molecule has 2 atom stereocenters. The van der Waals surface area contributed by atoms with E-state index in [2.05, 4.69) is 43.0 Å². The Hall–Kier alpha value is -2.24. The molecule has 0 radical (unpaired) electrons. The third-order valence-electron chi connectivity index (χ3n) is 4.43. The molecule has 0 aliphatic rings. The summed E-state index contributed by atoms with van der Waals surface area (Å²) in [5.41, 5.74) is 2.37. The molecule has 0 saturated heterocycles. The van der Waals surface area contributed by atoms with Crippen LogP contribution in [0.25, 0.3) is 0 Å². The van der Waals surface area contributed by atoms with Crippen molar-refractivity contribution in [1.29, 1.82) is 0 Å². The second kappa shape index (κ2) is 10.6. The summed E-state index contributed by atoms with van der Waals surface area (Å²) >= 11 is 0. The number of methoxy groups -OCH3 is 1. The van der Waals surface area contributed by atoms with Gasteiger partial charge in [0, 0.05) is 18.9 Å². The van der Waals surface area contributed by atoms with Crippen molar-refractivity contribution in [2.24, 2.45) is 5.92 Å². The lowest BCUT2D eigenvalue weighted by molar-refractivity contribution is 0.216. The van der Waals surface area contributed by atoms with Crippen molar-refractivity contribution in [2.45, 2.75) is 38.5 Å². The van der Waals surface area contributed by atoms with E-state index < -0.39 is 0 Å². The number of hydrogen-bond donors (Lipinski definition) is 1. The van der Waals surface area contributed by atoms with Crippen LogP contribution >= 0.6 is 0 Å². The molecular formula is C23H28O2. The van der Waals surface area contributed by atoms with Gasteiger partial charge in [-0.25, -0.2) is 0 Å². The molecule has 0 unspecified atom stereocenters. The largest absolute Gasteiger partial charge is 0.497 e. The van der Waals surface area contributed by atoms with Crippen LogP contribution in [0.4, 0.5) is 0 Å². The van der Waals surface area contributed by atoms with E-state index in [0.717, 1.165) is 37.0 Å². The number of unbranched alkanes of at least 4 members (excludes halogenated alkanes) is 2. The van der Waals surface area contributed by atoms with Gasteiger partial charge in [-0.15, -0.1) is 5.92 Å². The van der Waals surface area contributed by atoms with Crippen LogP contribution in [0.1, 0.15) is 43.2 Å². The van der Waals surface area contributed by atoms with Gasteiger partial charge in [0.15, 0.2) is 0 Å². The van der Waals surface area contributed by atoms with Gasteiger partial charge in [-0.05, 0) is 36.1 Å². The number of hydrogen-bond acceptors (Lipinski definition) is 2. The maximum absolute atomic E-state index is 10.0. The van der Waals surface area contributed by atoms with Crippen molar-refractivity contribution < 1.29 is 9.84 Å². The van der Waals surface area contributed by atoms with Gasteiger partial charge in [-0.2, -0.15) is 0 Å². The molecule has 0 heterocycles. The maximum atomic E-state index is 10.0. The average Bonchev–Trinajstić information content (AvgIpc) is 2.68. The fraction of sp³-hybridized carbons (Fsp3) is 0.391. The lowest BCUT2D eigenvalue weighted by atomic mass is 9.83. The first-order chi connectivity index (χ1) is 12.3. The highest BCUT2D eigenvalue weighted by molar-refractivity contribution is 5.35. The summed E-state index contributed by atoms with van der Waals surface area (Å²) in [4.78, 5) is 0. The quantitative estimate of drug-likeness (QED) is 0.553. The fourth-order valence-corrected chi connectivity index (χ4v) is 2.94. The van der Waals surface area contributed by atoms with Gasteiger partial charge in [-0.3, -0.25) is 0 Å². The van der Waals surface area contributed by atoms with E-state index in [9.17, 15) is 5.11 Å². The van der Waals surface area contributed by atoms with Crippen LogP contribution in [-0.2, 0) is 6.42 Å². The predicted molar refractivity (Wildman–Crippen MR) is 104 cm³/mol. The Morgan fingerprint density at radius 3 is 2.36 bits per heavy atom. The number of ether oxygens (including phenoxy) is 1. The zero-order valence-electron chi connectivity index (χ0n) is 15.2. The molecule has 0 fully saturated rings. The number of aliphatic hydroxyl groups excluding tert-OH is 1. The molecule has 2 aromatic carbocycles. The standard InChI is InChI=1S/C23H28O2/c1-3-4-5-9-12-23(20-13-15-22(25-2)16-14-20)21(18-24)17-19-10-7-6-8-11-19/h6-8,10-11,13-16,21,23-24H,3-5,17-18H2,1-2H3/t21-,23+/m0/s1. The zero-order valence-corrected chi connectivity index (χ0v) is 15.2. The van der Waals surface area contributed by atoms with Gasteiger partial charge < -0.3 is 9.84 Å². The van der Waals surface area contributed by atoms with Gasteiger partial charge in [0.05, 0.1) is 13.0 Å². The van der Waals surface area contributed by atoms with Crippen molar-refractivity contribution in [3.63, 3.8) is 0 Å². The SMILES string of the molecule is CCCCC#C[C@H](c1ccc(OC)cc1)[C@H](CO)Cc1ccccc1. The average molecular weight is 336 g/mol. The van der Waals surface area contributed by atoms with Crippen molar-refractivity contribution in [2.75, 3.05) is 13.7 Å². The fourth-order valence-electron chi connectivity index (χ4n) is 2.94. The summed E-state index contributed by atoms with van der Waals surface area (Å²) in [6.07, 6.45) is 3.99. The van der Waals surface area contributed by atoms with Crippen molar-refractivity contribution >= 4 is 0 Å². The smallest absolute Gasteiger partial charge is 0.118 e. The molecule has 0 aliphatic heterocycles. The predicted octanol–water partition coefficient (Wildman–Crippen LogP) is 4.82. The Bertz CT molecular complexity index is 665. The molecule has 2 heteroatoms. The van der Waals surface area contributed by atoms with Gasteiger partial charge in [0.25, 0.3) is 0 Å². The number of rotatable bonds is 8. The molecule has 25 heavy (non-hydrogen) atoms. The van der Waals surface area contributed by atoms with Crippen LogP contribution in [0, 0.1) is 17.8 Å². The lowest BCUT2D eigenvalue weighted by Crippen LogP contribution is -2.18. The van der Waals surface area contributed by atoms with Crippen LogP contribution in [0.15, 0.2) is 54.6 Å². The van der Waals surface area contributed by atoms with E-state index in [0.29, 0.717) is 0 Å². The first kappa shape index (κ1) is 19.1. The molecule has 0 spiro atoms. The van der Waals surface area contributed by atoms with Gasteiger partial charge in [0.1, 0.15) is 5.75 Å². The summed E-state index contributed by atoms with van der Waals surface area (Å²) in [6.45, 7) is 2.29. The third-order valence-corrected chi connectivity index (χ3v) is 4.43. The minimum Gasteiger partial charge on any atom is -0.497 e. The molecule has 1 N–H and O–H groups in total. The van der Waals surface area contributed by atoms with E-state index in [4.69, 9.17) is 4.74 Å². The maximum Gasteiger partial charge on any atom is 0.118 e. The highest BCUT2D eigenvalue weighted by atomic mass is 16.5. The van der Waals surface area contributed by atoms with Crippen LogP contribution < -0.4 is 4.74 Å². The molecule has 0 bridgehead atoms. The molecule has 0 amide bonds. The Morgan fingerprint density at radius 2 is 1.76 bits per heavy atom. The van der Waals surface area contributed by atoms with Gasteiger partial charge >= 0.3 is 0 Å². The second-order valence-electron chi connectivity index (χ2n) is 6.31. The third kappa shape index (κ3) is 5.96. The Balaban J connectivity index is 2.24. The Kier molecular flexibility index (Phi) is 8.09. The highest BCUT2D eigenvalue weighted by Crippen LogP contribution is 2.28. The van der Waals surface area contributed by atoms with Crippen LogP contribution in [0.2, 0.25) is 0 Å². The Morgan fingerprint density at radius 1 is 1.04 bits per heavy atom. The normalized spacial score (nSPS) is 12.8. The molecule has 2 nitrogen and oxygen atoms in total. The van der Waals surface area contributed by atoms with Gasteiger partial charge in [0.2, 0.25) is 0 Å². The lowest BCUT2D eigenvalue weighted by Gasteiger charge is -2.22. The van der Waals surface area contributed by atoms with Crippen molar-refractivity contribution in [3.05, 3.63) is 65.7 Å². The van der Waals surface area contributed by atoms with Crippen molar-refractivity contribution in [3.8, 4) is 17.6 Å². The summed E-state index contributed by atoms with van der Waals surface area (Å²) in [7, 11) is 1.67. The van der Waals surface area contributed by atoms with Crippen LogP contribution in [0.3, 0.4) is 0 Å². The zero-order chi connectivity index (χ0) is 17.9. The van der Waals surface area contributed by atoms with Crippen LogP contribution in [-0.4, -0.2) is 18.8 Å². The van der Waals surface area contributed by atoms with E-state index in [1.807, 2.05) is 30.3 Å². The van der Waals surface area contributed by atoms with Crippen molar-refractivity contribution in [1.82, 2.24) is 0 Å². The highest BCUT2D eigenvalue weighted by Gasteiger charge is 2.21. The summed E-state index contributed by atoms with van der Waals surface area (Å²) in [6, 6.07) is 18.4. The molecule has 2 aromatic rings. The molecule has 132 valence electrons. The van der Waals surface area contributed by atoms with Gasteiger partial charge in [-0.1, -0.05) is 61.7 Å². The number of benzene rings is 2. The van der Waals surface area contributed by atoms with E-state index in [1.54, 1.807) is 7.11 Å². The molecule has 0 saturated carbocycles. The first-order valence-corrected chi connectivity index (χ1v) is 9.05. The minimum absolute atomic E-state index is 0.0213. The molecule has 0 aliphatic carbocycles. The van der Waals surface area contributed by atoms with E-state index >= 15 is 0 Å². The first-order valence-electron chi connectivity index (χ1n) is 9.05. The van der Waals surface area contributed by atoms with Crippen LogP contribution in [0.5, 0.6) is 5.75 Å². The minimum atomic E-state index is 0.0213. The monoisotopic (exact) mass is 336 g/mol. The second-order valence-corrected chi connectivity index (χ2v) is 6.31. The molecule has 2 rings (SSSR count). The van der Waals surface area contributed by atoms with E-state index in [-0.39, 0.29) is 18.4 Å². The molecule has 0 aromatic heterocycles. The molecular weight excluding hydrogens is 308 g/mol. The number of aliphatic hydroxyl groups is 1. The summed E-state index contributed by atoms with van der Waals surface area (Å²) in [5, 5.41) is 10.0. The summed E-state index contributed by atoms with van der Waals surface area (Å²) < 4.78 is 5.26. The van der Waals surface area contributed by atoms with E-state index in [1.165, 1.54) is 5.56 Å².